The molecule has 1 aliphatic heterocycles. The Morgan fingerprint density at radius 3 is 2.05 bits per heavy atom. The summed E-state index contributed by atoms with van der Waals surface area (Å²) < 4.78 is 25.2. The molecule has 1 rings (SSSR count). The number of hydrogen-bond donors (Lipinski definition) is 0. The molecule has 0 aliphatic carbocycles. The largest absolute Gasteiger partial charge is 0.623 e. The van der Waals surface area contributed by atoms with Crippen molar-refractivity contribution in [1.82, 2.24) is 0 Å². The molecule has 0 amide bonds. The Bertz CT molecular complexity index is 370. The van der Waals surface area contributed by atoms with Gasteiger partial charge >= 0.3 is 7.60 Å². The van der Waals surface area contributed by atoms with Gasteiger partial charge in [-0.25, -0.2) is 0 Å². The van der Waals surface area contributed by atoms with Gasteiger partial charge in [-0.15, -0.1) is 0 Å². The van der Waals surface area contributed by atoms with Gasteiger partial charge in [-0.2, -0.15) is 4.74 Å². The van der Waals surface area contributed by atoms with Crippen LogP contribution in [0.25, 0.3) is 0 Å². The third-order valence-electron chi connectivity index (χ3n) is 4.00. The fourth-order valence-electron chi connectivity index (χ4n) is 2.41. The van der Waals surface area contributed by atoms with Crippen molar-refractivity contribution in [3.8, 4) is 0 Å². The van der Waals surface area contributed by atoms with Crippen LogP contribution in [0.4, 0.5) is 0 Å². The van der Waals surface area contributed by atoms with Crippen molar-refractivity contribution in [2.24, 2.45) is 0 Å². The predicted molar refractivity (Wildman–Crippen MR) is 85.9 cm³/mol. The van der Waals surface area contributed by atoms with Crippen LogP contribution in [0.5, 0.6) is 0 Å². The van der Waals surface area contributed by atoms with E-state index >= 15 is 0 Å². The van der Waals surface area contributed by atoms with Crippen LogP contribution in [0.3, 0.4) is 0 Å². The second kappa shape index (κ2) is 8.92. The van der Waals surface area contributed by atoms with E-state index in [1.165, 1.54) is 6.21 Å². The Hall–Kier alpha value is -0.380. The molecule has 0 bridgehead atoms. The number of hydroxylamine groups is 1. The van der Waals surface area contributed by atoms with Crippen LogP contribution in [0.15, 0.2) is 0 Å². The maximum atomic E-state index is 13.2. The molecule has 0 spiro atoms. The molecule has 6 heteroatoms. The van der Waals surface area contributed by atoms with Gasteiger partial charge in [-0.05, 0) is 12.8 Å². The lowest BCUT2D eigenvalue weighted by Gasteiger charge is -2.31. The molecule has 5 nitrogen and oxygen atoms in total. The van der Waals surface area contributed by atoms with E-state index < -0.39 is 12.9 Å². The summed E-state index contributed by atoms with van der Waals surface area (Å²) in [4.78, 5) is 0. The molecule has 0 saturated carbocycles. The van der Waals surface area contributed by atoms with Crippen LogP contribution in [-0.2, 0) is 13.6 Å². The summed E-state index contributed by atoms with van der Waals surface area (Å²) >= 11 is 0. The van der Waals surface area contributed by atoms with Crippen LogP contribution >= 0.6 is 7.60 Å². The molecule has 1 heterocycles. The van der Waals surface area contributed by atoms with Crippen LogP contribution in [0.1, 0.15) is 72.1 Å². The summed E-state index contributed by atoms with van der Waals surface area (Å²) in [6.45, 7) is 6.69. The zero-order chi connectivity index (χ0) is 15.8. The van der Waals surface area contributed by atoms with Gasteiger partial charge in [-0.1, -0.05) is 39.5 Å². The number of unbranched alkanes of at least 4 members (excludes halogenated alkanes) is 4. The van der Waals surface area contributed by atoms with Gasteiger partial charge in [-0.3, -0.25) is 4.57 Å². The van der Waals surface area contributed by atoms with E-state index in [1.54, 1.807) is 6.92 Å². The second-order valence-corrected chi connectivity index (χ2v) is 8.32. The maximum absolute atomic E-state index is 13.2. The first-order valence-corrected chi connectivity index (χ1v) is 9.73. The fourth-order valence-corrected chi connectivity index (χ4v) is 4.50. The first-order chi connectivity index (χ1) is 10.00. The molecule has 0 saturated heterocycles. The SMILES string of the molecule is CCCCCOP(=O)(OCCCCC)C1(C)CCC=[N+]1[O-]. The zero-order valence-electron chi connectivity index (χ0n) is 13.7. The molecule has 1 aliphatic rings. The van der Waals surface area contributed by atoms with Crippen molar-refractivity contribution in [3.63, 3.8) is 0 Å². The van der Waals surface area contributed by atoms with Crippen LogP contribution in [0.2, 0.25) is 0 Å². The number of rotatable bonds is 11. The Labute approximate surface area is 128 Å². The number of nitrogens with zero attached hydrogens (tertiary/aromatic N) is 1. The van der Waals surface area contributed by atoms with Crippen molar-refractivity contribution in [2.75, 3.05) is 13.2 Å². The minimum Gasteiger partial charge on any atom is -0.623 e. The van der Waals surface area contributed by atoms with Gasteiger partial charge in [0.2, 0.25) is 0 Å². The molecule has 1 unspecified atom stereocenters. The lowest BCUT2D eigenvalue weighted by molar-refractivity contribution is -0.507. The average Bonchev–Trinajstić information content (AvgIpc) is 2.81. The smallest absolute Gasteiger partial charge is 0.401 e. The Balaban J connectivity index is 2.69. The minimum absolute atomic E-state index is 0.391. The van der Waals surface area contributed by atoms with E-state index in [0.29, 0.717) is 26.1 Å². The Kier molecular flexibility index (Phi) is 7.93. The van der Waals surface area contributed by atoms with Gasteiger partial charge in [0.05, 0.1) is 13.2 Å². The average molecular weight is 319 g/mol. The summed E-state index contributed by atoms with van der Waals surface area (Å²) in [5.41, 5.74) is 0. The van der Waals surface area contributed by atoms with Crippen LogP contribution < -0.4 is 0 Å². The van der Waals surface area contributed by atoms with Gasteiger partial charge in [0.15, 0.2) is 6.21 Å². The van der Waals surface area contributed by atoms with E-state index in [0.717, 1.165) is 43.3 Å². The second-order valence-electron chi connectivity index (χ2n) is 5.84. The molecule has 0 fully saturated rings. The molecule has 124 valence electrons. The lowest BCUT2D eigenvalue weighted by atomic mass is 10.2. The van der Waals surface area contributed by atoms with E-state index in [9.17, 15) is 9.77 Å². The minimum atomic E-state index is -3.43. The summed E-state index contributed by atoms with van der Waals surface area (Å²) in [5.74, 6) is 0. The molecule has 0 N–H and O–H groups in total. The Morgan fingerprint density at radius 1 is 1.14 bits per heavy atom. The van der Waals surface area contributed by atoms with Crippen molar-refractivity contribution in [2.45, 2.75) is 77.4 Å². The predicted octanol–water partition coefficient (Wildman–Crippen LogP) is 4.68. The molecular weight excluding hydrogens is 289 g/mol. The molecule has 0 aromatic carbocycles. The third-order valence-corrected chi connectivity index (χ3v) is 6.64. The van der Waals surface area contributed by atoms with Gasteiger partial charge in [0, 0.05) is 19.8 Å². The standard InChI is InChI=1S/C15H30NO4P/c1-4-6-8-13-19-21(18,20-14-9-7-5-2)15(3)11-10-12-16(15)17/h12H,4-11,13-14H2,1-3H3. The summed E-state index contributed by atoms with van der Waals surface area (Å²) in [5, 5.41) is 11.0. The van der Waals surface area contributed by atoms with Crippen molar-refractivity contribution >= 4 is 13.8 Å². The van der Waals surface area contributed by atoms with Gasteiger partial charge in [0.25, 0.3) is 5.28 Å². The lowest BCUT2D eigenvalue weighted by Crippen LogP contribution is -2.34. The molecule has 0 aromatic heterocycles. The fraction of sp³-hybridized carbons (Fsp3) is 0.933. The molecule has 0 radical (unpaired) electrons. The highest BCUT2D eigenvalue weighted by Crippen LogP contribution is 2.63. The first kappa shape index (κ1) is 18.7. The number of hydrogen-bond acceptors (Lipinski definition) is 4. The van der Waals surface area contributed by atoms with Crippen molar-refractivity contribution in [1.29, 1.82) is 0 Å². The Morgan fingerprint density at radius 2 is 1.67 bits per heavy atom. The van der Waals surface area contributed by atoms with Crippen molar-refractivity contribution in [3.05, 3.63) is 5.21 Å². The quantitative estimate of drug-likeness (QED) is 0.240. The first-order valence-electron chi connectivity index (χ1n) is 8.19. The summed E-state index contributed by atoms with van der Waals surface area (Å²) in [7, 11) is -3.43. The van der Waals surface area contributed by atoms with Gasteiger partial charge in [0.1, 0.15) is 0 Å². The molecule has 0 aromatic rings. The highest BCUT2D eigenvalue weighted by atomic mass is 31.2. The van der Waals surface area contributed by atoms with Crippen LogP contribution in [0, 0.1) is 5.21 Å². The van der Waals surface area contributed by atoms with E-state index in [-0.39, 0.29) is 0 Å². The highest BCUT2D eigenvalue weighted by Gasteiger charge is 2.56. The molecular formula is C15H30NO4P. The molecule has 1 atom stereocenters. The normalized spacial score (nSPS) is 22.5. The summed E-state index contributed by atoms with van der Waals surface area (Å²) in [6.07, 6.45) is 8.58. The van der Waals surface area contributed by atoms with E-state index in [1.807, 2.05) is 0 Å². The monoisotopic (exact) mass is 319 g/mol. The van der Waals surface area contributed by atoms with Gasteiger partial charge < -0.3 is 14.3 Å². The van der Waals surface area contributed by atoms with E-state index in [4.69, 9.17) is 9.05 Å². The van der Waals surface area contributed by atoms with Crippen LogP contribution in [-0.4, -0.2) is 29.4 Å². The van der Waals surface area contributed by atoms with Crippen molar-refractivity contribution < 1.29 is 18.4 Å². The topological polar surface area (TPSA) is 61.6 Å². The zero-order valence-corrected chi connectivity index (χ0v) is 14.6. The summed E-state index contributed by atoms with van der Waals surface area (Å²) in [6, 6.07) is 0. The third kappa shape index (κ3) is 4.80. The highest BCUT2D eigenvalue weighted by molar-refractivity contribution is 7.55. The maximum Gasteiger partial charge on any atom is 0.401 e. The molecule has 21 heavy (non-hydrogen) atoms. The van der Waals surface area contributed by atoms with E-state index in [2.05, 4.69) is 13.8 Å².